The molecule has 1 heterocycles. The van der Waals surface area contributed by atoms with Crippen LogP contribution < -0.4 is 5.73 Å². The summed E-state index contributed by atoms with van der Waals surface area (Å²) < 4.78 is 2.11. The fourth-order valence-corrected chi connectivity index (χ4v) is 2.35. The zero-order chi connectivity index (χ0) is 12.1. The van der Waals surface area contributed by atoms with Gasteiger partial charge in [-0.3, -0.25) is 0 Å². The molecule has 1 aromatic heterocycles. The van der Waals surface area contributed by atoms with Crippen LogP contribution in [0.2, 0.25) is 5.02 Å². The molecule has 3 nitrogen and oxygen atoms in total. The van der Waals surface area contributed by atoms with Crippen LogP contribution in [-0.4, -0.2) is 21.8 Å². The van der Waals surface area contributed by atoms with Crippen LogP contribution in [0.15, 0.2) is 41.8 Å². The first-order valence-corrected chi connectivity index (χ1v) is 6.74. The summed E-state index contributed by atoms with van der Waals surface area (Å²) in [6.45, 7) is 1.47. The third-order valence-electron chi connectivity index (χ3n) is 2.29. The van der Waals surface area contributed by atoms with Crippen molar-refractivity contribution in [2.75, 3.05) is 12.3 Å². The van der Waals surface area contributed by atoms with Crippen LogP contribution in [-0.2, 0) is 6.54 Å². The van der Waals surface area contributed by atoms with Gasteiger partial charge in [0.15, 0.2) is 5.16 Å². The van der Waals surface area contributed by atoms with Crippen molar-refractivity contribution in [2.24, 2.45) is 5.73 Å². The molecule has 0 aliphatic carbocycles. The van der Waals surface area contributed by atoms with E-state index in [9.17, 15) is 0 Å². The molecule has 0 fully saturated rings. The molecular weight excluding hydrogens is 254 g/mol. The Morgan fingerprint density at radius 1 is 1.29 bits per heavy atom. The van der Waals surface area contributed by atoms with Crippen LogP contribution in [0.3, 0.4) is 0 Å². The molecule has 2 rings (SSSR count). The van der Waals surface area contributed by atoms with Gasteiger partial charge in [-0.25, -0.2) is 4.98 Å². The molecule has 0 atom stereocenters. The molecule has 0 unspecified atom stereocenters. The minimum Gasteiger partial charge on any atom is -0.330 e. The third kappa shape index (κ3) is 3.49. The van der Waals surface area contributed by atoms with Crippen molar-refractivity contribution >= 4 is 23.4 Å². The van der Waals surface area contributed by atoms with E-state index in [-0.39, 0.29) is 0 Å². The highest BCUT2D eigenvalue weighted by Crippen LogP contribution is 2.17. The molecule has 0 spiro atoms. The molecule has 0 saturated heterocycles. The van der Waals surface area contributed by atoms with Crippen LogP contribution in [0.1, 0.15) is 5.56 Å². The molecule has 0 saturated carbocycles. The Kier molecular flexibility index (Phi) is 4.48. The standard InChI is InChI=1S/C12H14ClN3S/c13-11-3-1-10(2-4-11)9-16-7-6-15-12(16)17-8-5-14/h1-4,6-7H,5,8-9,14H2. The zero-order valence-electron chi connectivity index (χ0n) is 9.34. The first kappa shape index (κ1) is 12.5. The molecule has 5 heteroatoms. The quantitative estimate of drug-likeness (QED) is 0.847. The summed E-state index contributed by atoms with van der Waals surface area (Å²) in [5, 5.41) is 1.77. The van der Waals surface area contributed by atoms with Gasteiger partial charge in [0.1, 0.15) is 0 Å². The Balaban J connectivity index is 2.07. The predicted octanol–water partition coefficient (Wildman–Crippen LogP) is 2.64. The van der Waals surface area contributed by atoms with Crippen LogP contribution >= 0.6 is 23.4 Å². The molecule has 0 radical (unpaired) electrons. The highest BCUT2D eigenvalue weighted by atomic mass is 35.5. The van der Waals surface area contributed by atoms with Gasteiger partial charge < -0.3 is 10.3 Å². The highest BCUT2D eigenvalue weighted by molar-refractivity contribution is 7.99. The molecule has 2 aromatic rings. The fraction of sp³-hybridized carbons (Fsp3) is 0.250. The van der Waals surface area contributed by atoms with E-state index in [0.29, 0.717) is 6.54 Å². The Morgan fingerprint density at radius 2 is 2.06 bits per heavy atom. The molecule has 0 aliphatic rings. The summed E-state index contributed by atoms with van der Waals surface area (Å²) in [7, 11) is 0. The maximum atomic E-state index is 5.86. The number of halogens is 1. The minimum atomic E-state index is 0.665. The minimum absolute atomic E-state index is 0.665. The summed E-state index contributed by atoms with van der Waals surface area (Å²) in [5.74, 6) is 0.887. The molecule has 0 aliphatic heterocycles. The van der Waals surface area contributed by atoms with Gasteiger partial charge >= 0.3 is 0 Å². The lowest BCUT2D eigenvalue weighted by Gasteiger charge is -2.07. The molecule has 2 N–H and O–H groups in total. The monoisotopic (exact) mass is 267 g/mol. The molecule has 0 amide bonds. The molecule has 1 aromatic carbocycles. The summed E-state index contributed by atoms with van der Waals surface area (Å²) in [6.07, 6.45) is 3.79. The second kappa shape index (κ2) is 6.10. The average Bonchev–Trinajstić information content (AvgIpc) is 2.77. The molecule has 17 heavy (non-hydrogen) atoms. The van der Waals surface area contributed by atoms with Crippen LogP contribution in [0.5, 0.6) is 0 Å². The van der Waals surface area contributed by atoms with Gasteiger partial charge in [-0.05, 0) is 17.7 Å². The second-order valence-electron chi connectivity index (χ2n) is 3.60. The number of hydrogen-bond acceptors (Lipinski definition) is 3. The van der Waals surface area contributed by atoms with Crippen LogP contribution in [0, 0.1) is 0 Å². The number of rotatable bonds is 5. The van der Waals surface area contributed by atoms with Crippen molar-refractivity contribution in [3.63, 3.8) is 0 Å². The van der Waals surface area contributed by atoms with Crippen LogP contribution in [0.25, 0.3) is 0 Å². The summed E-state index contributed by atoms with van der Waals surface area (Å²) in [6, 6.07) is 7.86. The van der Waals surface area contributed by atoms with E-state index in [2.05, 4.69) is 9.55 Å². The van der Waals surface area contributed by atoms with E-state index in [1.807, 2.05) is 36.7 Å². The fourth-order valence-electron chi connectivity index (χ4n) is 1.49. The van der Waals surface area contributed by atoms with Crippen molar-refractivity contribution < 1.29 is 0 Å². The zero-order valence-corrected chi connectivity index (χ0v) is 10.9. The number of hydrogen-bond donors (Lipinski definition) is 1. The summed E-state index contributed by atoms with van der Waals surface area (Å²) in [4.78, 5) is 4.31. The van der Waals surface area contributed by atoms with E-state index in [4.69, 9.17) is 17.3 Å². The lowest BCUT2D eigenvalue weighted by atomic mass is 10.2. The van der Waals surface area contributed by atoms with Gasteiger partial charge in [0.2, 0.25) is 0 Å². The van der Waals surface area contributed by atoms with Crippen LogP contribution in [0.4, 0.5) is 0 Å². The van der Waals surface area contributed by atoms with Crippen molar-refractivity contribution in [3.8, 4) is 0 Å². The van der Waals surface area contributed by atoms with Gasteiger partial charge in [-0.1, -0.05) is 35.5 Å². The summed E-state index contributed by atoms with van der Waals surface area (Å²) >= 11 is 7.53. The first-order valence-electron chi connectivity index (χ1n) is 5.38. The van der Waals surface area contributed by atoms with Gasteiger partial charge in [0, 0.05) is 36.3 Å². The van der Waals surface area contributed by atoms with Gasteiger partial charge in [0.25, 0.3) is 0 Å². The number of imidazole rings is 1. The van der Waals surface area contributed by atoms with E-state index < -0.39 is 0 Å². The summed E-state index contributed by atoms with van der Waals surface area (Å²) in [5.41, 5.74) is 6.70. The van der Waals surface area contributed by atoms with Crippen molar-refractivity contribution in [1.82, 2.24) is 9.55 Å². The van der Waals surface area contributed by atoms with Gasteiger partial charge in [-0.15, -0.1) is 0 Å². The SMILES string of the molecule is NCCSc1nccn1Cc1ccc(Cl)cc1. The third-order valence-corrected chi connectivity index (χ3v) is 3.58. The Morgan fingerprint density at radius 3 is 2.76 bits per heavy atom. The molecule has 90 valence electrons. The van der Waals surface area contributed by atoms with E-state index in [0.717, 1.165) is 22.5 Å². The number of aromatic nitrogens is 2. The van der Waals surface area contributed by atoms with Gasteiger partial charge in [-0.2, -0.15) is 0 Å². The van der Waals surface area contributed by atoms with E-state index in [1.165, 1.54) is 5.56 Å². The van der Waals surface area contributed by atoms with Crippen molar-refractivity contribution in [2.45, 2.75) is 11.7 Å². The van der Waals surface area contributed by atoms with E-state index >= 15 is 0 Å². The predicted molar refractivity (Wildman–Crippen MR) is 72.6 cm³/mol. The number of nitrogens with two attached hydrogens (primary N) is 1. The Hall–Kier alpha value is -0.970. The highest BCUT2D eigenvalue weighted by Gasteiger charge is 2.03. The van der Waals surface area contributed by atoms with Crippen molar-refractivity contribution in [3.05, 3.63) is 47.2 Å². The molecule has 0 bridgehead atoms. The molecular formula is C12H14ClN3S. The first-order chi connectivity index (χ1) is 8.29. The smallest absolute Gasteiger partial charge is 0.168 e. The lowest BCUT2D eigenvalue weighted by Crippen LogP contribution is -2.04. The number of nitrogens with zero attached hydrogens (tertiary/aromatic N) is 2. The Bertz CT molecular complexity index is 467. The maximum Gasteiger partial charge on any atom is 0.168 e. The second-order valence-corrected chi connectivity index (χ2v) is 5.10. The van der Waals surface area contributed by atoms with Gasteiger partial charge in [0.05, 0.1) is 0 Å². The maximum absolute atomic E-state index is 5.86. The number of benzene rings is 1. The Labute approximate surface area is 110 Å². The topological polar surface area (TPSA) is 43.8 Å². The van der Waals surface area contributed by atoms with Crippen molar-refractivity contribution in [1.29, 1.82) is 0 Å². The lowest BCUT2D eigenvalue weighted by molar-refractivity contribution is 0.708. The normalized spacial score (nSPS) is 10.7. The number of thioether (sulfide) groups is 1. The largest absolute Gasteiger partial charge is 0.330 e. The average molecular weight is 268 g/mol. The van der Waals surface area contributed by atoms with E-state index in [1.54, 1.807) is 11.8 Å².